The number of alkyl halides is 3. The number of anilines is 1. The van der Waals surface area contributed by atoms with Crippen LogP contribution in [0.15, 0.2) is 53.5 Å². The first-order chi connectivity index (χ1) is 10.3. The lowest BCUT2D eigenvalue weighted by Gasteiger charge is -2.33. The summed E-state index contributed by atoms with van der Waals surface area (Å²) in [5.41, 5.74) is 13.1. The van der Waals surface area contributed by atoms with Gasteiger partial charge in [0, 0.05) is 16.8 Å². The van der Waals surface area contributed by atoms with E-state index in [2.05, 4.69) is 10.3 Å². The fraction of sp³-hybridized carbons (Fsp3) is 0.133. The smallest absolute Gasteiger partial charge is 0.383 e. The Morgan fingerprint density at radius 3 is 2.27 bits per heavy atom. The molecule has 0 fully saturated rings. The van der Waals surface area contributed by atoms with Crippen molar-refractivity contribution in [1.29, 1.82) is 0 Å². The van der Waals surface area contributed by atoms with Gasteiger partial charge in [0.05, 0.1) is 5.56 Å². The molecule has 1 unspecified atom stereocenters. The largest absolute Gasteiger partial charge is 0.416 e. The summed E-state index contributed by atoms with van der Waals surface area (Å²) in [5.74, 6) is -1.17. The fourth-order valence-electron chi connectivity index (χ4n) is 2.35. The second kappa shape index (κ2) is 4.74. The summed E-state index contributed by atoms with van der Waals surface area (Å²) in [4.78, 5) is 4.20. The van der Waals surface area contributed by atoms with Crippen LogP contribution in [0.25, 0.3) is 0 Å². The van der Waals surface area contributed by atoms with Gasteiger partial charge in [-0.3, -0.25) is 5.73 Å². The molecule has 2 aromatic rings. The van der Waals surface area contributed by atoms with Crippen molar-refractivity contribution in [1.82, 2.24) is 0 Å². The molecule has 7 heteroatoms. The monoisotopic (exact) mass is 306 g/mol. The summed E-state index contributed by atoms with van der Waals surface area (Å²) in [6.07, 6.45) is -4.39. The van der Waals surface area contributed by atoms with E-state index in [4.69, 9.17) is 11.5 Å². The zero-order chi connectivity index (χ0) is 16.0. The molecule has 0 amide bonds. The Morgan fingerprint density at radius 1 is 1.00 bits per heavy atom. The molecule has 0 spiro atoms. The molecule has 1 aliphatic rings. The van der Waals surface area contributed by atoms with E-state index >= 15 is 0 Å². The average Bonchev–Trinajstić information content (AvgIpc) is 2.46. The Labute approximate surface area is 124 Å². The molecule has 114 valence electrons. The van der Waals surface area contributed by atoms with E-state index in [1.54, 1.807) is 18.2 Å². The first kappa shape index (κ1) is 14.4. The van der Waals surface area contributed by atoms with E-state index < -0.39 is 17.5 Å². The molecule has 0 bridgehead atoms. The molecular formula is C15H13F3N4. The highest BCUT2D eigenvalue weighted by molar-refractivity contribution is 6.04. The predicted octanol–water partition coefficient (Wildman–Crippen LogP) is 2.61. The van der Waals surface area contributed by atoms with Crippen LogP contribution in [0.1, 0.15) is 16.7 Å². The summed E-state index contributed by atoms with van der Waals surface area (Å²) in [5, 5.41) is 3.01. The second-order valence-electron chi connectivity index (χ2n) is 5.01. The molecule has 1 atom stereocenters. The van der Waals surface area contributed by atoms with Crippen molar-refractivity contribution in [2.75, 3.05) is 5.32 Å². The van der Waals surface area contributed by atoms with Crippen LogP contribution in [-0.2, 0) is 12.0 Å². The molecule has 0 aromatic heterocycles. The number of nitrogens with two attached hydrogens (primary N) is 2. The molecule has 2 aromatic carbocycles. The highest BCUT2D eigenvalue weighted by Gasteiger charge is 2.34. The molecule has 4 nitrogen and oxygen atoms in total. The number of rotatable bonds is 1. The SMILES string of the molecule is NC1=NC(N)(c2ccc(C(F)(F)F)cc2)Nc2ccccc21. The molecule has 0 aliphatic carbocycles. The third-order valence-electron chi connectivity index (χ3n) is 3.48. The number of aliphatic imine (C=N–C) groups is 1. The third-order valence-corrected chi connectivity index (χ3v) is 3.48. The first-order valence-corrected chi connectivity index (χ1v) is 6.49. The van der Waals surface area contributed by atoms with Gasteiger partial charge < -0.3 is 11.1 Å². The van der Waals surface area contributed by atoms with Crippen LogP contribution in [0.4, 0.5) is 18.9 Å². The van der Waals surface area contributed by atoms with Crippen LogP contribution < -0.4 is 16.8 Å². The number of nitrogens with one attached hydrogen (secondary N) is 1. The lowest BCUT2D eigenvalue weighted by molar-refractivity contribution is -0.137. The lowest BCUT2D eigenvalue weighted by Crippen LogP contribution is -2.47. The van der Waals surface area contributed by atoms with Gasteiger partial charge in [-0.05, 0) is 24.3 Å². The second-order valence-corrected chi connectivity index (χ2v) is 5.01. The zero-order valence-electron chi connectivity index (χ0n) is 11.4. The fourth-order valence-corrected chi connectivity index (χ4v) is 2.35. The summed E-state index contributed by atoms with van der Waals surface area (Å²) >= 11 is 0. The number of nitrogens with zero attached hydrogens (tertiary/aromatic N) is 1. The maximum atomic E-state index is 12.6. The van der Waals surface area contributed by atoms with Crippen LogP contribution in [0.2, 0.25) is 0 Å². The van der Waals surface area contributed by atoms with Crippen LogP contribution >= 0.6 is 0 Å². The molecular weight excluding hydrogens is 293 g/mol. The molecule has 0 radical (unpaired) electrons. The normalized spacial score (nSPS) is 20.8. The van der Waals surface area contributed by atoms with Crippen molar-refractivity contribution < 1.29 is 13.2 Å². The van der Waals surface area contributed by atoms with Gasteiger partial charge >= 0.3 is 6.18 Å². The average molecular weight is 306 g/mol. The maximum absolute atomic E-state index is 12.6. The quantitative estimate of drug-likeness (QED) is 0.758. The minimum Gasteiger partial charge on any atom is -0.383 e. The Hall–Kier alpha value is -2.54. The van der Waals surface area contributed by atoms with Crippen molar-refractivity contribution in [3.05, 3.63) is 65.2 Å². The molecule has 1 heterocycles. The Bertz CT molecular complexity index is 737. The third kappa shape index (κ3) is 2.39. The minimum absolute atomic E-state index is 0.233. The topological polar surface area (TPSA) is 76.4 Å². The van der Waals surface area contributed by atoms with Crippen molar-refractivity contribution >= 4 is 11.5 Å². The van der Waals surface area contributed by atoms with Crippen molar-refractivity contribution in [2.24, 2.45) is 16.5 Å². The summed E-state index contributed by atoms with van der Waals surface area (Å²) in [7, 11) is 0. The standard InChI is InChI=1S/C15H13F3N4/c16-14(17,18)9-5-7-10(8-6-9)15(20)21-12-4-2-1-3-11(12)13(19)22-15/h1-8,21H,20H2,(H2,19,22). The predicted molar refractivity (Wildman–Crippen MR) is 78.1 cm³/mol. The first-order valence-electron chi connectivity index (χ1n) is 6.49. The summed E-state index contributed by atoms with van der Waals surface area (Å²) in [6, 6.07) is 11.7. The minimum atomic E-state index is -4.39. The van der Waals surface area contributed by atoms with Crippen LogP contribution in [0.3, 0.4) is 0 Å². The van der Waals surface area contributed by atoms with Gasteiger partial charge in [-0.25, -0.2) is 4.99 Å². The molecule has 0 saturated heterocycles. The van der Waals surface area contributed by atoms with E-state index in [1.807, 2.05) is 6.07 Å². The van der Waals surface area contributed by atoms with Crippen molar-refractivity contribution in [2.45, 2.75) is 12.0 Å². The number of para-hydroxylation sites is 1. The number of benzene rings is 2. The number of hydrogen-bond donors (Lipinski definition) is 3. The highest BCUT2D eigenvalue weighted by Crippen LogP contribution is 2.33. The Kier molecular flexibility index (Phi) is 3.10. The van der Waals surface area contributed by atoms with Crippen LogP contribution in [0.5, 0.6) is 0 Å². The maximum Gasteiger partial charge on any atom is 0.416 e. The number of halogens is 3. The lowest BCUT2D eigenvalue weighted by atomic mass is 10.0. The van der Waals surface area contributed by atoms with E-state index in [-0.39, 0.29) is 5.84 Å². The number of hydrogen-bond acceptors (Lipinski definition) is 4. The van der Waals surface area contributed by atoms with Gasteiger partial charge in [0.25, 0.3) is 0 Å². The molecule has 1 aliphatic heterocycles. The van der Waals surface area contributed by atoms with E-state index in [9.17, 15) is 13.2 Å². The van der Waals surface area contributed by atoms with E-state index in [0.29, 0.717) is 16.8 Å². The molecule has 3 rings (SSSR count). The summed E-state index contributed by atoms with van der Waals surface area (Å²) < 4.78 is 37.9. The molecule has 22 heavy (non-hydrogen) atoms. The molecule has 0 saturated carbocycles. The Morgan fingerprint density at radius 2 is 1.64 bits per heavy atom. The van der Waals surface area contributed by atoms with E-state index in [0.717, 1.165) is 12.1 Å². The highest BCUT2D eigenvalue weighted by atomic mass is 19.4. The Balaban J connectivity index is 2.00. The van der Waals surface area contributed by atoms with Gasteiger partial charge in [-0.1, -0.05) is 24.3 Å². The molecule has 5 N–H and O–H groups in total. The van der Waals surface area contributed by atoms with Crippen molar-refractivity contribution in [3.8, 4) is 0 Å². The zero-order valence-corrected chi connectivity index (χ0v) is 11.4. The summed E-state index contributed by atoms with van der Waals surface area (Å²) in [6.45, 7) is 0. The van der Waals surface area contributed by atoms with Crippen LogP contribution in [0, 0.1) is 0 Å². The van der Waals surface area contributed by atoms with Gasteiger partial charge in [-0.15, -0.1) is 0 Å². The van der Waals surface area contributed by atoms with Gasteiger partial charge in [-0.2, -0.15) is 13.2 Å². The van der Waals surface area contributed by atoms with Gasteiger partial charge in [0.2, 0.25) is 5.79 Å². The van der Waals surface area contributed by atoms with Crippen molar-refractivity contribution in [3.63, 3.8) is 0 Å². The number of amidine groups is 1. The number of fused-ring (bicyclic) bond motifs is 1. The van der Waals surface area contributed by atoms with Gasteiger partial charge in [0.15, 0.2) is 0 Å². The van der Waals surface area contributed by atoms with Crippen LogP contribution in [-0.4, -0.2) is 5.84 Å². The van der Waals surface area contributed by atoms with E-state index in [1.165, 1.54) is 12.1 Å². The van der Waals surface area contributed by atoms with Gasteiger partial charge in [0.1, 0.15) is 5.84 Å².